The Morgan fingerprint density at radius 3 is 2.77 bits per heavy atom. The lowest BCUT2D eigenvalue weighted by Gasteiger charge is -2.31. The average molecular weight is 404 g/mol. The molecule has 1 saturated heterocycles. The van der Waals surface area contributed by atoms with Crippen molar-refractivity contribution in [3.05, 3.63) is 54.3 Å². The number of piperidine rings is 1. The molecule has 0 radical (unpaired) electrons. The summed E-state index contributed by atoms with van der Waals surface area (Å²) in [7, 11) is 0. The molecule has 0 unspecified atom stereocenters. The molecule has 2 aliphatic rings. The summed E-state index contributed by atoms with van der Waals surface area (Å²) in [6, 6.07) is 7.67. The van der Waals surface area contributed by atoms with Crippen LogP contribution in [0.1, 0.15) is 35.6 Å². The van der Waals surface area contributed by atoms with E-state index in [4.69, 9.17) is 4.74 Å². The summed E-state index contributed by atoms with van der Waals surface area (Å²) in [5.41, 5.74) is 3.69. The monoisotopic (exact) mass is 404 g/mol. The summed E-state index contributed by atoms with van der Waals surface area (Å²) in [6.45, 7) is 3.03. The van der Waals surface area contributed by atoms with Gasteiger partial charge in [-0.25, -0.2) is 15.0 Å². The van der Waals surface area contributed by atoms with Crippen LogP contribution in [0.15, 0.2) is 42.7 Å². The molecule has 0 bridgehead atoms. The van der Waals surface area contributed by atoms with Gasteiger partial charge in [0, 0.05) is 44.9 Å². The van der Waals surface area contributed by atoms with E-state index in [1.165, 1.54) is 5.57 Å². The highest BCUT2D eigenvalue weighted by Gasteiger charge is 2.27. The fourth-order valence-corrected chi connectivity index (χ4v) is 4.01. The number of nitrogens with one attached hydrogen (secondary N) is 2. The van der Waals surface area contributed by atoms with Gasteiger partial charge in [-0.15, -0.1) is 0 Å². The Hall–Kier alpha value is -3.26. The number of carbonyl (C=O) groups excluding carboxylic acids is 1. The van der Waals surface area contributed by atoms with Gasteiger partial charge < -0.3 is 19.9 Å². The van der Waals surface area contributed by atoms with Crippen molar-refractivity contribution in [2.45, 2.75) is 25.4 Å². The Morgan fingerprint density at radius 2 is 1.97 bits per heavy atom. The van der Waals surface area contributed by atoms with E-state index in [-0.39, 0.29) is 12.0 Å². The Kier molecular flexibility index (Phi) is 5.15. The molecule has 154 valence electrons. The maximum Gasteiger partial charge on any atom is 0.289 e. The summed E-state index contributed by atoms with van der Waals surface area (Å²) in [5.74, 6) is 0.919. The molecule has 2 aliphatic heterocycles. The molecule has 2 aromatic heterocycles. The minimum Gasteiger partial charge on any atom is -0.473 e. The Morgan fingerprint density at radius 1 is 1.13 bits per heavy atom. The molecule has 0 saturated carbocycles. The molecule has 2 N–H and O–H groups in total. The zero-order valence-corrected chi connectivity index (χ0v) is 16.7. The van der Waals surface area contributed by atoms with Gasteiger partial charge >= 0.3 is 0 Å². The minimum absolute atomic E-state index is 0.0162. The van der Waals surface area contributed by atoms with E-state index in [2.05, 4.69) is 31.3 Å². The van der Waals surface area contributed by atoms with Crippen LogP contribution in [0.5, 0.6) is 5.88 Å². The smallest absolute Gasteiger partial charge is 0.289 e. The van der Waals surface area contributed by atoms with Crippen LogP contribution < -0.4 is 10.1 Å². The van der Waals surface area contributed by atoms with Crippen molar-refractivity contribution in [3.63, 3.8) is 0 Å². The number of amides is 1. The van der Waals surface area contributed by atoms with Crippen molar-refractivity contribution in [2.24, 2.45) is 0 Å². The average Bonchev–Trinajstić information content (AvgIpc) is 3.24. The van der Waals surface area contributed by atoms with Crippen LogP contribution in [0.2, 0.25) is 0 Å². The zero-order valence-electron chi connectivity index (χ0n) is 16.7. The summed E-state index contributed by atoms with van der Waals surface area (Å²) >= 11 is 0. The first kappa shape index (κ1) is 18.7. The molecular weight excluding hydrogens is 380 g/mol. The number of ether oxygens (including phenoxy) is 1. The second-order valence-corrected chi connectivity index (χ2v) is 7.61. The number of para-hydroxylation sites is 2. The van der Waals surface area contributed by atoms with Crippen LogP contribution in [-0.2, 0) is 0 Å². The summed E-state index contributed by atoms with van der Waals surface area (Å²) in [4.78, 5) is 31.2. The van der Waals surface area contributed by atoms with Gasteiger partial charge in [-0.2, -0.15) is 0 Å². The van der Waals surface area contributed by atoms with E-state index >= 15 is 0 Å². The molecule has 4 heterocycles. The second kappa shape index (κ2) is 8.23. The van der Waals surface area contributed by atoms with Gasteiger partial charge in [0.1, 0.15) is 11.8 Å². The van der Waals surface area contributed by atoms with Gasteiger partial charge in [0.05, 0.1) is 11.0 Å². The fraction of sp³-hybridized carbons (Fsp3) is 0.364. The minimum atomic E-state index is -0.0651. The summed E-state index contributed by atoms with van der Waals surface area (Å²) in [6.07, 6.45) is 7.96. The number of H-pyrrole nitrogens is 1. The lowest BCUT2D eigenvalue weighted by Crippen LogP contribution is -2.42. The van der Waals surface area contributed by atoms with E-state index in [0.29, 0.717) is 24.8 Å². The molecular formula is C22H24N6O2. The number of fused-ring (bicyclic) bond motifs is 1. The highest BCUT2D eigenvalue weighted by molar-refractivity contribution is 5.94. The van der Waals surface area contributed by atoms with Crippen molar-refractivity contribution in [2.75, 3.05) is 26.2 Å². The number of aromatic amines is 1. The molecule has 8 nitrogen and oxygen atoms in total. The maximum absolute atomic E-state index is 12.9. The van der Waals surface area contributed by atoms with Crippen molar-refractivity contribution in [1.82, 2.24) is 30.2 Å². The van der Waals surface area contributed by atoms with E-state index in [1.54, 1.807) is 12.4 Å². The first-order chi connectivity index (χ1) is 14.8. The van der Waals surface area contributed by atoms with Crippen LogP contribution in [0.4, 0.5) is 0 Å². The SMILES string of the molecule is O=C(c1nc2ccccc2[nH]1)N1CCC(Oc2nccnc2C2=CCNCC2)CC1. The van der Waals surface area contributed by atoms with E-state index < -0.39 is 0 Å². The van der Waals surface area contributed by atoms with Crippen molar-refractivity contribution in [3.8, 4) is 5.88 Å². The second-order valence-electron chi connectivity index (χ2n) is 7.61. The maximum atomic E-state index is 12.9. The lowest BCUT2D eigenvalue weighted by atomic mass is 10.1. The van der Waals surface area contributed by atoms with Crippen molar-refractivity contribution >= 4 is 22.5 Å². The van der Waals surface area contributed by atoms with E-state index in [0.717, 1.165) is 49.1 Å². The number of benzene rings is 1. The Labute approximate surface area is 174 Å². The Balaban J connectivity index is 1.23. The Bertz CT molecular complexity index is 1050. The third-order valence-corrected chi connectivity index (χ3v) is 5.63. The number of hydrogen-bond acceptors (Lipinski definition) is 6. The van der Waals surface area contributed by atoms with Gasteiger partial charge in [0.25, 0.3) is 5.91 Å². The number of hydrogen-bond donors (Lipinski definition) is 2. The van der Waals surface area contributed by atoms with Crippen LogP contribution >= 0.6 is 0 Å². The number of nitrogens with zero attached hydrogens (tertiary/aromatic N) is 4. The lowest BCUT2D eigenvalue weighted by molar-refractivity contribution is 0.0576. The largest absolute Gasteiger partial charge is 0.473 e. The van der Waals surface area contributed by atoms with Gasteiger partial charge in [-0.05, 0) is 30.7 Å². The van der Waals surface area contributed by atoms with Gasteiger partial charge in [-0.3, -0.25) is 4.79 Å². The molecule has 1 aromatic carbocycles. The van der Waals surface area contributed by atoms with Crippen molar-refractivity contribution in [1.29, 1.82) is 0 Å². The molecule has 3 aromatic rings. The third-order valence-electron chi connectivity index (χ3n) is 5.63. The highest BCUT2D eigenvalue weighted by atomic mass is 16.5. The zero-order chi connectivity index (χ0) is 20.3. The topological polar surface area (TPSA) is 96.0 Å². The van der Waals surface area contributed by atoms with Crippen LogP contribution in [0.3, 0.4) is 0 Å². The van der Waals surface area contributed by atoms with Crippen LogP contribution in [0, 0.1) is 0 Å². The number of likely N-dealkylation sites (tertiary alicyclic amines) is 1. The number of aromatic nitrogens is 4. The first-order valence-corrected chi connectivity index (χ1v) is 10.4. The van der Waals surface area contributed by atoms with Crippen LogP contribution in [-0.4, -0.2) is 63.0 Å². The standard InChI is InChI=1S/C22H24N6O2/c29-22(20-26-17-3-1-2-4-18(17)27-20)28-13-7-16(8-14-28)30-21-19(24-11-12-25-21)15-5-9-23-10-6-15/h1-5,11-12,16,23H,6-10,13-14H2,(H,26,27). The quantitative estimate of drug-likeness (QED) is 0.693. The molecule has 0 atom stereocenters. The molecule has 0 spiro atoms. The molecule has 1 amide bonds. The van der Waals surface area contributed by atoms with Gasteiger partial charge in [-0.1, -0.05) is 18.2 Å². The van der Waals surface area contributed by atoms with Crippen LogP contribution in [0.25, 0.3) is 16.6 Å². The number of carbonyl (C=O) groups is 1. The molecule has 30 heavy (non-hydrogen) atoms. The van der Waals surface area contributed by atoms with Gasteiger partial charge in [0.15, 0.2) is 5.82 Å². The highest BCUT2D eigenvalue weighted by Crippen LogP contribution is 2.27. The third kappa shape index (κ3) is 3.78. The predicted molar refractivity (Wildman–Crippen MR) is 113 cm³/mol. The van der Waals surface area contributed by atoms with E-state index in [9.17, 15) is 4.79 Å². The van der Waals surface area contributed by atoms with Gasteiger partial charge in [0.2, 0.25) is 5.88 Å². The fourth-order valence-electron chi connectivity index (χ4n) is 4.01. The predicted octanol–water partition coefficient (Wildman–Crippen LogP) is 2.41. The number of imidazole rings is 1. The number of rotatable bonds is 4. The normalized spacial score (nSPS) is 17.7. The first-order valence-electron chi connectivity index (χ1n) is 10.4. The molecule has 5 rings (SSSR count). The van der Waals surface area contributed by atoms with E-state index in [1.807, 2.05) is 29.2 Å². The molecule has 8 heteroatoms. The molecule has 0 aliphatic carbocycles. The summed E-state index contributed by atoms with van der Waals surface area (Å²) < 4.78 is 6.23. The summed E-state index contributed by atoms with van der Waals surface area (Å²) in [5, 5.41) is 3.31. The molecule has 1 fully saturated rings. The van der Waals surface area contributed by atoms with Crippen molar-refractivity contribution < 1.29 is 9.53 Å².